The van der Waals surface area contributed by atoms with Gasteiger partial charge in [0.05, 0.1) is 22.4 Å². The second-order valence-electron chi connectivity index (χ2n) is 5.43. The summed E-state index contributed by atoms with van der Waals surface area (Å²) in [6.45, 7) is 2.74. The highest BCUT2D eigenvalue weighted by molar-refractivity contribution is 7.21. The van der Waals surface area contributed by atoms with Crippen LogP contribution in [0.3, 0.4) is 0 Å². The van der Waals surface area contributed by atoms with E-state index in [1.54, 1.807) is 0 Å². The molecule has 0 N–H and O–H groups in total. The van der Waals surface area contributed by atoms with Gasteiger partial charge in [-0.25, -0.2) is 4.98 Å². The fraction of sp³-hybridized carbons (Fsp3) is 0.278. The Morgan fingerprint density at radius 1 is 1.12 bits per heavy atom. The number of nitrogens with zero attached hydrogens (tertiary/aromatic N) is 1. The minimum Gasteiger partial charge on any atom is -0.494 e. The topological polar surface area (TPSA) is 22.1 Å². The molecule has 0 saturated carbocycles. The Balaban J connectivity index is 1.90. The molecule has 0 radical (unpaired) electrons. The number of fused-ring (bicyclic) bond motifs is 1. The van der Waals surface area contributed by atoms with Crippen molar-refractivity contribution in [3.05, 3.63) is 48.0 Å². The summed E-state index contributed by atoms with van der Waals surface area (Å²) in [4.78, 5) is 4.36. The zero-order valence-electron chi connectivity index (χ0n) is 13.1. The highest BCUT2D eigenvalue weighted by Crippen LogP contribution is 2.36. The number of benzene rings is 2. The van der Waals surface area contributed by atoms with E-state index in [-0.39, 0.29) is 0 Å². The van der Waals surface area contributed by atoms with E-state index in [0.29, 0.717) is 17.1 Å². The van der Waals surface area contributed by atoms with Crippen LogP contribution in [0.25, 0.3) is 20.8 Å². The lowest BCUT2D eigenvalue weighted by Gasteiger charge is -2.06. The molecule has 0 aliphatic heterocycles. The van der Waals surface area contributed by atoms with Gasteiger partial charge in [-0.3, -0.25) is 0 Å². The maximum Gasteiger partial charge on any atom is 0.416 e. The molecule has 0 aliphatic rings. The number of halogens is 3. The molecule has 0 atom stereocenters. The third kappa shape index (κ3) is 3.70. The summed E-state index contributed by atoms with van der Waals surface area (Å²) < 4.78 is 44.8. The predicted octanol–water partition coefficient (Wildman–Crippen LogP) is 6.16. The molecule has 0 fully saturated rings. The number of unbranched alkanes of at least 4 members (excludes halogenated alkanes) is 1. The van der Waals surface area contributed by atoms with E-state index in [2.05, 4.69) is 11.9 Å². The molecule has 126 valence electrons. The summed E-state index contributed by atoms with van der Waals surface area (Å²) >= 11 is 1.37. The largest absolute Gasteiger partial charge is 0.494 e. The minimum absolute atomic E-state index is 0.363. The molecule has 24 heavy (non-hydrogen) atoms. The van der Waals surface area contributed by atoms with Crippen molar-refractivity contribution < 1.29 is 17.9 Å². The van der Waals surface area contributed by atoms with E-state index in [1.807, 2.05) is 24.3 Å². The van der Waals surface area contributed by atoms with Crippen LogP contribution in [0.5, 0.6) is 5.75 Å². The van der Waals surface area contributed by atoms with Crippen LogP contribution in [0.2, 0.25) is 0 Å². The first kappa shape index (κ1) is 16.8. The van der Waals surface area contributed by atoms with E-state index in [4.69, 9.17) is 4.74 Å². The summed E-state index contributed by atoms with van der Waals surface area (Å²) in [5.41, 5.74) is 0.532. The van der Waals surface area contributed by atoms with Crippen molar-refractivity contribution in [3.63, 3.8) is 0 Å². The summed E-state index contributed by atoms with van der Waals surface area (Å²) in [6.07, 6.45) is -2.32. The van der Waals surface area contributed by atoms with Crippen molar-refractivity contribution >= 4 is 21.6 Å². The highest BCUT2D eigenvalue weighted by Gasteiger charge is 2.30. The van der Waals surface area contributed by atoms with E-state index < -0.39 is 11.7 Å². The molecule has 6 heteroatoms. The highest BCUT2D eigenvalue weighted by atomic mass is 32.1. The molecule has 3 aromatic rings. The second kappa shape index (κ2) is 6.81. The summed E-state index contributed by atoms with van der Waals surface area (Å²) in [5.74, 6) is 0.746. The van der Waals surface area contributed by atoms with Gasteiger partial charge in [-0.2, -0.15) is 13.2 Å². The SMILES string of the molecule is CCCCOc1cccc(-c2nc3cc(C(F)(F)F)ccc3s2)c1. The molecule has 0 unspecified atom stereocenters. The smallest absolute Gasteiger partial charge is 0.416 e. The van der Waals surface area contributed by atoms with Gasteiger partial charge < -0.3 is 4.74 Å². The zero-order valence-corrected chi connectivity index (χ0v) is 13.9. The lowest BCUT2D eigenvalue weighted by Crippen LogP contribution is -2.03. The molecule has 0 saturated heterocycles. The predicted molar refractivity (Wildman–Crippen MR) is 90.5 cm³/mol. The van der Waals surface area contributed by atoms with Crippen LogP contribution in [0.15, 0.2) is 42.5 Å². The van der Waals surface area contributed by atoms with Gasteiger partial charge in [0.2, 0.25) is 0 Å². The Bertz CT molecular complexity index is 842. The lowest BCUT2D eigenvalue weighted by molar-refractivity contribution is -0.137. The maximum absolute atomic E-state index is 12.8. The summed E-state index contributed by atoms with van der Waals surface area (Å²) in [7, 11) is 0. The number of alkyl halides is 3. The zero-order chi connectivity index (χ0) is 17.2. The Hall–Kier alpha value is -2.08. The van der Waals surface area contributed by atoms with Crippen molar-refractivity contribution in [2.45, 2.75) is 25.9 Å². The monoisotopic (exact) mass is 351 g/mol. The van der Waals surface area contributed by atoms with Crippen LogP contribution in [0.4, 0.5) is 13.2 Å². The number of hydrogen-bond acceptors (Lipinski definition) is 3. The van der Waals surface area contributed by atoms with Crippen LogP contribution in [0, 0.1) is 0 Å². The van der Waals surface area contributed by atoms with E-state index in [0.717, 1.165) is 41.0 Å². The first-order chi connectivity index (χ1) is 11.5. The molecule has 0 spiro atoms. The number of rotatable bonds is 5. The molecule has 1 aromatic heterocycles. The van der Waals surface area contributed by atoms with Gasteiger partial charge in [0.25, 0.3) is 0 Å². The molecular formula is C18H16F3NOS. The Morgan fingerprint density at radius 2 is 1.96 bits per heavy atom. The Kier molecular flexibility index (Phi) is 4.76. The molecule has 3 rings (SSSR count). The Morgan fingerprint density at radius 3 is 2.71 bits per heavy atom. The van der Waals surface area contributed by atoms with Crippen molar-refractivity contribution in [2.75, 3.05) is 6.61 Å². The van der Waals surface area contributed by atoms with E-state index >= 15 is 0 Å². The molecule has 2 aromatic carbocycles. The van der Waals surface area contributed by atoms with E-state index in [9.17, 15) is 13.2 Å². The molecule has 0 bridgehead atoms. The van der Waals surface area contributed by atoms with Gasteiger partial charge in [-0.05, 0) is 36.8 Å². The number of hydrogen-bond donors (Lipinski definition) is 0. The quantitative estimate of drug-likeness (QED) is 0.514. The normalized spacial score (nSPS) is 11.8. The van der Waals surface area contributed by atoms with Crippen molar-refractivity contribution in [1.82, 2.24) is 4.98 Å². The Labute approximate surface area is 141 Å². The van der Waals surface area contributed by atoms with Crippen LogP contribution in [-0.2, 0) is 6.18 Å². The van der Waals surface area contributed by atoms with Gasteiger partial charge in [0, 0.05) is 5.56 Å². The summed E-state index contributed by atoms with van der Waals surface area (Å²) in [6, 6.07) is 11.2. The van der Waals surface area contributed by atoms with Crippen LogP contribution in [0.1, 0.15) is 25.3 Å². The van der Waals surface area contributed by atoms with Gasteiger partial charge in [-0.15, -0.1) is 11.3 Å². The standard InChI is InChI=1S/C18H16F3NOS/c1-2-3-9-23-14-6-4-5-12(10-14)17-22-15-11-13(18(19,20)21)7-8-16(15)24-17/h4-8,10-11H,2-3,9H2,1H3. The summed E-state index contributed by atoms with van der Waals surface area (Å²) in [5, 5.41) is 0.685. The first-order valence-corrected chi connectivity index (χ1v) is 8.50. The lowest BCUT2D eigenvalue weighted by atomic mass is 10.2. The minimum atomic E-state index is -4.36. The first-order valence-electron chi connectivity index (χ1n) is 7.68. The average Bonchev–Trinajstić information content (AvgIpc) is 2.98. The molecule has 1 heterocycles. The third-order valence-corrected chi connectivity index (χ3v) is 4.65. The molecule has 2 nitrogen and oxygen atoms in total. The number of ether oxygens (including phenoxy) is 1. The molecular weight excluding hydrogens is 335 g/mol. The van der Waals surface area contributed by atoms with Gasteiger partial charge in [0.15, 0.2) is 0 Å². The van der Waals surface area contributed by atoms with Crippen LogP contribution in [-0.4, -0.2) is 11.6 Å². The fourth-order valence-corrected chi connectivity index (χ4v) is 3.22. The number of aromatic nitrogens is 1. The average molecular weight is 351 g/mol. The van der Waals surface area contributed by atoms with Gasteiger partial charge in [-0.1, -0.05) is 25.5 Å². The third-order valence-electron chi connectivity index (χ3n) is 3.56. The van der Waals surface area contributed by atoms with Crippen molar-refractivity contribution in [1.29, 1.82) is 0 Å². The second-order valence-corrected chi connectivity index (χ2v) is 6.46. The molecule has 0 aliphatic carbocycles. The van der Waals surface area contributed by atoms with Crippen molar-refractivity contribution in [3.8, 4) is 16.3 Å². The maximum atomic E-state index is 12.8. The fourth-order valence-electron chi connectivity index (χ4n) is 2.28. The van der Waals surface area contributed by atoms with Gasteiger partial charge in [0.1, 0.15) is 10.8 Å². The van der Waals surface area contributed by atoms with E-state index in [1.165, 1.54) is 17.4 Å². The number of thiazole rings is 1. The molecule has 0 amide bonds. The van der Waals surface area contributed by atoms with Gasteiger partial charge >= 0.3 is 6.18 Å². The van der Waals surface area contributed by atoms with Crippen LogP contribution < -0.4 is 4.74 Å². The van der Waals surface area contributed by atoms with Crippen molar-refractivity contribution in [2.24, 2.45) is 0 Å². The van der Waals surface area contributed by atoms with Crippen LogP contribution >= 0.6 is 11.3 Å².